The molecule has 1 aromatic carbocycles. The van der Waals surface area contributed by atoms with Crippen molar-refractivity contribution >= 4 is 28.9 Å². The second kappa shape index (κ2) is 5.14. The van der Waals surface area contributed by atoms with Crippen LogP contribution in [0.2, 0.25) is 0 Å². The number of hydrogen-bond donors (Lipinski definition) is 1. The van der Waals surface area contributed by atoms with Gasteiger partial charge in [0.05, 0.1) is 6.61 Å². The molecule has 0 aromatic heterocycles. The van der Waals surface area contributed by atoms with Crippen molar-refractivity contribution in [3.63, 3.8) is 0 Å². The number of anilines is 1. The summed E-state index contributed by atoms with van der Waals surface area (Å²) in [6.45, 7) is 3.22. The lowest BCUT2D eigenvalue weighted by atomic mass is 10.2. The third-order valence-electron chi connectivity index (χ3n) is 2.51. The van der Waals surface area contributed by atoms with Crippen LogP contribution in [-0.2, 0) is 4.79 Å². The van der Waals surface area contributed by atoms with Crippen LogP contribution in [-0.4, -0.2) is 24.2 Å². The molecular formula is C12H14N2O2S. The highest BCUT2D eigenvalue weighted by atomic mass is 32.1. The highest BCUT2D eigenvalue weighted by Gasteiger charge is 2.20. The fourth-order valence-corrected chi connectivity index (χ4v) is 2.01. The van der Waals surface area contributed by atoms with Crippen molar-refractivity contribution < 1.29 is 9.53 Å². The molecule has 1 aromatic rings. The Kier molecular flexibility index (Phi) is 3.58. The largest absolute Gasteiger partial charge is 0.494 e. The van der Waals surface area contributed by atoms with Crippen LogP contribution in [0.4, 0.5) is 5.69 Å². The molecule has 1 N–H and O–H groups in total. The molecule has 0 radical (unpaired) electrons. The van der Waals surface area contributed by atoms with Crippen LogP contribution < -0.4 is 15.0 Å². The van der Waals surface area contributed by atoms with Gasteiger partial charge in [0.25, 0.3) is 0 Å². The van der Waals surface area contributed by atoms with Gasteiger partial charge in [-0.15, -0.1) is 0 Å². The number of carbonyl (C=O) groups is 1. The highest BCUT2D eigenvalue weighted by molar-refractivity contribution is 7.80. The molecule has 5 heteroatoms. The fraction of sp³-hybridized carbons (Fsp3) is 0.333. The molecular weight excluding hydrogens is 236 g/mol. The topological polar surface area (TPSA) is 41.6 Å². The van der Waals surface area contributed by atoms with Gasteiger partial charge in [0.15, 0.2) is 5.11 Å². The van der Waals surface area contributed by atoms with Gasteiger partial charge in [0.2, 0.25) is 5.91 Å². The maximum absolute atomic E-state index is 11.1. The number of amides is 1. The van der Waals surface area contributed by atoms with Crippen molar-refractivity contribution in [1.29, 1.82) is 0 Å². The van der Waals surface area contributed by atoms with Gasteiger partial charge < -0.3 is 15.0 Å². The van der Waals surface area contributed by atoms with Gasteiger partial charge >= 0.3 is 0 Å². The summed E-state index contributed by atoms with van der Waals surface area (Å²) >= 11 is 5.13. The summed E-state index contributed by atoms with van der Waals surface area (Å²) in [5, 5.41) is 3.12. The molecule has 1 amide bonds. The molecule has 1 aliphatic rings. The van der Waals surface area contributed by atoms with Crippen molar-refractivity contribution in [3.8, 4) is 5.75 Å². The highest BCUT2D eigenvalue weighted by Crippen LogP contribution is 2.21. The first-order valence-electron chi connectivity index (χ1n) is 5.55. The van der Waals surface area contributed by atoms with E-state index in [4.69, 9.17) is 17.0 Å². The van der Waals surface area contributed by atoms with Gasteiger partial charge in [-0.05, 0) is 43.4 Å². The molecule has 90 valence electrons. The molecule has 0 unspecified atom stereocenters. The summed E-state index contributed by atoms with van der Waals surface area (Å²) in [6.07, 6.45) is 0.466. The van der Waals surface area contributed by atoms with Gasteiger partial charge in [-0.25, -0.2) is 0 Å². The number of benzene rings is 1. The van der Waals surface area contributed by atoms with Gasteiger partial charge in [0, 0.05) is 18.7 Å². The minimum absolute atomic E-state index is 0.0165. The normalized spacial score (nSPS) is 15.7. The third-order valence-corrected chi connectivity index (χ3v) is 2.84. The van der Waals surface area contributed by atoms with E-state index in [1.54, 1.807) is 0 Å². The molecule has 0 saturated carbocycles. The SMILES string of the molecule is CCOc1ccc(N2CCC(=O)NC2=S)cc1. The monoisotopic (exact) mass is 250 g/mol. The van der Waals surface area contributed by atoms with E-state index in [1.165, 1.54) is 0 Å². The van der Waals surface area contributed by atoms with E-state index >= 15 is 0 Å². The number of rotatable bonds is 3. The van der Waals surface area contributed by atoms with E-state index in [2.05, 4.69) is 5.32 Å². The van der Waals surface area contributed by atoms with Crippen LogP contribution in [0.25, 0.3) is 0 Å². The first kappa shape index (κ1) is 11.9. The summed E-state index contributed by atoms with van der Waals surface area (Å²) in [5.74, 6) is 0.820. The zero-order valence-electron chi connectivity index (χ0n) is 9.60. The lowest BCUT2D eigenvalue weighted by molar-refractivity contribution is -0.119. The fourth-order valence-electron chi connectivity index (χ4n) is 1.70. The van der Waals surface area contributed by atoms with Crippen LogP contribution in [0, 0.1) is 0 Å². The number of thiocarbonyl (C=S) groups is 1. The molecule has 0 aliphatic carbocycles. The third kappa shape index (κ3) is 2.74. The van der Waals surface area contributed by atoms with E-state index < -0.39 is 0 Å². The second-order valence-electron chi connectivity index (χ2n) is 3.68. The first-order chi connectivity index (χ1) is 8.20. The van der Waals surface area contributed by atoms with E-state index in [9.17, 15) is 4.79 Å². The molecule has 2 rings (SSSR count). The van der Waals surface area contributed by atoms with Crippen LogP contribution in [0.3, 0.4) is 0 Å². The molecule has 17 heavy (non-hydrogen) atoms. The summed E-state index contributed by atoms with van der Waals surface area (Å²) in [6, 6.07) is 7.68. The average Bonchev–Trinajstić information content (AvgIpc) is 2.31. The van der Waals surface area contributed by atoms with Gasteiger partial charge in [-0.3, -0.25) is 4.79 Å². The van der Waals surface area contributed by atoms with Crippen LogP contribution >= 0.6 is 12.2 Å². The Hall–Kier alpha value is -1.62. The van der Waals surface area contributed by atoms with Crippen LogP contribution in [0.1, 0.15) is 13.3 Å². The molecule has 0 atom stereocenters. The first-order valence-corrected chi connectivity index (χ1v) is 5.95. The molecule has 1 saturated heterocycles. The lowest BCUT2D eigenvalue weighted by Gasteiger charge is -2.29. The van der Waals surface area contributed by atoms with Crippen LogP contribution in [0.5, 0.6) is 5.75 Å². The van der Waals surface area contributed by atoms with Crippen molar-refractivity contribution in [2.24, 2.45) is 0 Å². The molecule has 0 spiro atoms. The maximum Gasteiger partial charge on any atom is 0.227 e. The van der Waals surface area contributed by atoms with Crippen molar-refractivity contribution in [1.82, 2.24) is 5.32 Å². The average molecular weight is 250 g/mol. The number of carbonyl (C=O) groups excluding carboxylic acids is 1. The molecule has 1 aliphatic heterocycles. The number of hydrogen-bond acceptors (Lipinski definition) is 3. The summed E-state index contributed by atoms with van der Waals surface area (Å²) < 4.78 is 5.37. The Morgan fingerprint density at radius 1 is 1.41 bits per heavy atom. The lowest BCUT2D eigenvalue weighted by Crippen LogP contribution is -2.49. The predicted molar refractivity (Wildman–Crippen MR) is 70.3 cm³/mol. The minimum atomic E-state index is -0.0165. The summed E-state index contributed by atoms with van der Waals surface area (Å²) in [4.78, 5) is 13.1. The Morgan fingerprint density at radius 2 is 2.12 bits per heavy atom. The van der Waals surface area contributed by atoms with Crippen molar-refractivity contribution in [3.05, 3.63) is 24.3 Å². The van der Waals surface area contributed by atoms with E-state index in [0.717, 1.165) is 11.4 Å². The van der Waals surface area contributed by atoms with Gasteiger partial charge in [0.1, 0.15) is 5.75 Å². The Morgan fingerprint density at radius 3 is 2.71 bits per heavy atom. The number of nitrogens with one attached hydrogen (secondary N) is 1. The molecule has 1 heterocycles. The van der Waals surface area contributed by atoms with Crippen molar-refractivity contribution in [2.75, 3.05) is 18.1 Å². The summed E-state index contributed by atoms with van der Waals surface area (Å²) in [5.41, 5.74) is 0.971. The smallest absolute Gasteiger partial charge is 0.227 e. The van der Waals surface area contributed by atoms with Crippen molar-refractivity contribution in [2.45, 2.75) is 13.3 Å². The number of nitrogens with zero attached hydrogens (tertiary/aromatic N) is 1. The van der Waals surface area contributed by atoms with Crippen LogP contribution in [0.15, 0.2) is 24.3 Å². The quantitative estimate of drug-likeness (QED) is 0.829. The number of ether oxygens (including phenoxy) is 1. The van der Waals surface area contributed by atoms with Gasteiger partial charge in [-0.2, -0.15) is 0 Å². The molecule has 1 fully saturated rings. The maximum atomic E-state index is 11.1. The second-order valence-corrected chi connectivity index (χ2v) is 4.07. The zero-order chi connectivity index (χ0) is 12.3. The van der Waals surface area contributed by atoms with Gasteiger partial charge in [-0.1, -0.05) is 0 Å². The Balaban J connectivity index is 2.11. The Labute approximate surface area is 106 Å². The predicted octanol–water partition coefficient (Wildman–Crippen LogP) is 1.70. The zero-order valence-corrected chi connectivity index (χ0v) is 10.4. The Bertz CT molecular complexity index is 431. The van der Waals surface area contributed by atoms with E-state index in [-0.39, 0.29) is 5.91 Å². The molecule has 4 nitrogen and oxygen atoms in total. The van der Waals surface area contributed by atoms with E-state index in [0.29, 0.717) is 24.7 Å². The van der Waals surface area contributed by atoms with E-state index in [1.807, 2.05) is 36.1 Å². The standard InChI is InChI=1S/C12H14N2O2S/c1-2-16-10-5-3-9(4-6-10)14-8-7-11(15)13-12(14)17/h3-6H,2,7-8H2,1H3,(H,13,15,17). The summed E-state index contributed by atoms with van der Waals surface area (Å²) in [7, 11) is 0. The molecule has 0 bridgehead atoms. The minimum Gasteiger partial charge on any atom is -0.494 e.